The van der Waals surface area contributed by atoms with E-state index in [2.05, 4.69) is 4.99 Å². The molecule has 4 rings (SSSR count). The lowest BCUT2D eigenvalue weighted by atomic mass is 10.1. The Kier molecular flexibility index (Phi) is 6.37. The minimum atomic E-state index is -4.49. The molecule has 33 heavy (non-hydrogen) atoms. The number of hydrogen-bond acceptors (Lipinski definition) is 5. The number of fused-ring (bicyclic) bond motifs is 1. The van der Waals surface area contributed by atoms with Crippen molar-refractivity contribution in [1.82, 2.24) is 9.80 Å². The number of nitrogens with zero attached hydrogens (tertiary/aromatic N) is 4. The van der Waals surface area contributed by atoms with E-state index >= 15 is 0 Å². The van der Waals surface area contributed by atoms with Gasteiger partial charge in [-0.2, -0.15) is 13.2 Å². The lowest BCUT2D eigenvalue weighted by Crippen LogP contribution is -2.52. The van der Waals surface area contributed by atoms with Crippen LogP contribution in [0.1, 0.15) is 18.1 Å². The fraction of sp³-hybridized carbons (Fsp3) is 0.348. The van der Waals surface area contributed by atoms with E-state index in [1.165, 1.54) is 12.1 Å². The maximum atomic E-state index is 13.2. The highest BCUT2D eigenvalue weighted by Crippen LogP contribution is 2.34. The number of rotatable bonds is 4. The van der Waals surface area contributed by atoms with Crippen LogP contribution in [0.5, 0.6) is 0 Å². The summed E-state index contributed by atoms with van der Waals surface area (Å²) in [6.45, 7) is 4.43. The first kappa shape index (κ1) is 22.8. The van der Waals surface area contributed by atoms with Crippen molar-refractivity contribution in [2.24, 2.45) is 4.99 Å². The molecular weight excluding hydrogens is 437 g/mol. The van der Waals surface area contributed by atoms with E-state index in [1.807, 2.05) is 4.90 Å². The molecular formula is C23H23F3N4O3. The van der Waals surface area contributed by atoms with Gasteiger partial charge in [-0.25, -0.2) is 9.79 Å². The van der Waals surface area contributed by atoms with Crippen molar-refractivity contribution in [2.45, 2.75) is 13.1 Å². The molecule has 1 saturated heterocycles. The highest BCUT2D eigenvalue weighted by atomic mass is 19.4. The summed E-state index contributed by atoms with van der Waals surface area (Å²) in [5, 5.41) is 0. The van der Waals surface area contributed by atoms with E-state index in [-0.39, 0.29) is 30.1 Å². The summed E-state index contributed by atoms with van der Waals surface area (Å²) in [6, 6.07) is 11.7. The van der Waals surface area contributed by atoms with Gasteiger partial charge in [0, 0.05) is 31.7 Å². The molecule has 0 unspecified atom stereocenters. The van der Waals surface area contributed by atoms with Crippen molar-refractivity contribution in [3.63, 3.8) is 0 Å². The van der Waals surface area contributed by atoms with Gasteiger partial charge in [-0.3, -0.25) is 14.6 Å². The van der Waals surface area contributed by atoms with Crippen molar-refractivity contribution in [1.29, 1.82) is 0 Å². The molecule has 2 aliphatic rings. The van der Waals surface area contributed by atoms with E-state index in [9.17, 15) is 22.8 Å². The molecule has 0 atom stereocenters. The molecule has 2 amide bonds. The number of hydrogen-bond donors (Lipinski definition) is 0. The Morgan fingerprint density at radius 3 is 2.48 bits per heavy atom. The van der Waals surface area contributed by atoms with Gasteiger partial charge < -0.3 is 9.64 Å². The largest absolute Gasteiger partial charge is 0.450 e. The molecule has 0 aromatic heterocycles. The molecule has 0 N–H and O–H groups in total. The van der Waals surface area contributed by atoms with Crippen molar-refractivity contribution < 1.29 is 27.5 Å². The monoisotopic (exact) mass is 460 g/mol. The van der Waals surface area contributed by atoms with Crippen molar-refractivity contribution in [3.05, 3.63) is 59.7 Å². The number of piperazine rings is 1. The third-order valence-corrected chi connectivity index (χ3v) is 5.55. The van der Waals surface area contributed by atoms with Crippen LogP contribution in [-0.4, -0.2) is 67.0 Å². The van der Waals surface area contributed by atoms with E-state index in [0.29, 0.717) is 44.0 Å². The van der Waals surface area contributed by atoms with Crippen LogP contribution in [0.4, 0.5) is 29.3 Å². The SMILES string of the molecule is CCOC(=O)N1CCN(CN2C(=O)C(=Nc3cccc(C(F)(F)F)c3)c3ccccc32)CC1. The number of halogens is 3. The Bertz CT molecular complexity index is 1080. The van der Waals surface area contributed by atoms with Crippen LogP contribution in [0.15, 0.2) is 53.5 Å². The number of aliphatic imine (C=N–C) groups is 1. The average Bonchev–Trinajstić information content (AvgIpc) is 3.05. The van der Waals surface area contributed by atoms with Crippen molar-refractivity contribution in [3.8, 4) is 0 Å². The molecule has 2 aromatic carbocycles. The number of ether oxygens (including phenoxy) is 1. The normalized spacial score (nSPS) is 18.1. The third kappa shape index (κ3) is 4.85. The molecule has 2 aromatic rings. The Morgan fingerprint density at radius 2 is 1.79 bits per heavy atom. The summed E-state index contributed by atoms with van der Waals surface area (Å²) >= 11 is 0. The molecule has 1 fully saturated rings. The second-order valence-electron chi connectivity index (χ2n) is 7.70. The Morgan fingerprint density at radius 1 is 1.06 bits per heavy atom. The topological polar surface area (TPSA) is 65.5 Å². The maximum absolute atomic E-state index is 13.2. The number of carbonyl (C=O) groups is 2. The van der Waals surface area contributed by atoms with Gasteiger partial charge in [0.25, 0.3) is 5.91 Å². The molecule has 10 heteroatoms. The van der Waals surface area contributed by atoms with E-state index in [0.717, 1.165) is 12.1 Å². The number of amides is 2. The van der Waals surface area contributed by atoms with Gasteiger partial charge in [-0.1, -0.05) is 24.3 Å². The minimum absolute atomic E-state index is 0.0629. The highest BCUT2D eigenvalue weighted by molar-refractivity contribution is 6.54. The molecule has 7 nitrogen and oxygen atoms in total. The second-order valence-corrected chi connectivity index (χ2v) is 7.70. The summed E-state index contributed by atoms with van der Waals surface area (Å²) < 4.78 is 44.3. The first-order chi connectivity index (χ1) is 15.8. The highest BCUT2D eigenvalue weighted by Gasteiger charge is 2.36. The van der Waals surface area contributed by atoms with Crippen molar-refractivity contribution >= 4 is 29.1 Å². The Hall–Kier alpha value is -3.40. The van der Waals surface area contributed by atoms with Crippen LogP contribution >= 0.6 is 0 Å². The predicted molar refractivity (Wildman–Crippen MR) is 117 cm³/mol. The van der Waals surface area contributed by atoms with Gasteiger partial charge in [0.15, 0.2) is 0 Å². The first-order valence-corrected chi connectivity index (χ1v) is 10.6. The van der Waals surface area contributed by atoms with E-state index in [4.69, 9.17) is 4.74 Å². The van der Waals surface area contributed by atoms with Gasteiger partial charge >= 0.3 is 12.3 Å². The van der Waals surface area contributed by atoms with Crippen molar-refractivity contribution in [2.75, 3.05) is 44.4 Å². The fourth-order valence-corrected chi connectivity index (χ4v) is 3.88. The quantitative estimate of drug-likeness (QED) is 0.694. The van der Waals surface area contributed by atoms with Gasteiger partial charge in [0.05, 0.1) is 30.2 Å². The average molecular weight is 460 g/mol. The van der Waals surface area contributed by atoms with Crippen LogP contribution in [0.3, 0.4) is 0 Å². The predicted octanol–water partition coefficient (Wildman–Crippen LogP) is 3.90. The second kappa shape index (κ2) is 9.22. The zero-order valence-electron chi connectivity index (χ0n) is 18.0. The number of para-hydroxylation sites is 1. The summed E-state index contributed by atoms with van der Waals surface area (Å²) in [5.41, 5.74) is 0.577. The van der Waals surface area contributed by atoms with E-state index < -0.39 is 11.7 Å². The molecule has 174 valence electrons. The number of alkyl halides is 3. The lowest BCUT2D eigenvalue weighted by molar-refractivity contribution is -0.137. The van der Waals surface area contributed by atoms with Crippen LogP contribution < -0.4 is 4.90 Å². The zero-order chi connectivity index (χ0) is 23.6. The summed E-state index contributed by atoms with van der Waals surface area (Å²) in [5.74, 6) is -0.374. The lowest BCUT2D eigenvalue weighted by Gasteiger charge is -2.36. The Balaban J connectivity index is 1.54. The van der Waals surface area contributed by atoms with Crippen LogP contribution in [0.25, 0.3) is 0 Å². The number of benzene rings is 2. The third-order valence-electron chi connectivity index (χ3n) is 5.55. The van der Waals surface area contributed by atoms with E-state index in [1.54, 1.807) is 41.0 Å². The first-order valence-electron chi connectivity index (χ1n) is 10.6. The molecule has 2 aliphatic heterocycles. The van der Waals surface area contributed by atoms with Gasteiger partial charge in [-0.15, -0.1) is 0 Å². The number of anilines is 1. The standard InChI is InChI=1S/C23H23F3N4O3/c1-2-33-22(32)29-12-10-28(11-13-29)15-30-19-9-4-3-8-18(19)20(21(30)31)27-17-7-5-6-16(14-17)23(24,25)26/h3-9,14H,2,10-13,15H2,1H3. The maximum Gasteiger partial charge on any atom is 0.416 e. The number of carbonyl (C=O) groups excluding carboxylic acids is 2. The molecule has 0 aliphatic carbocycles. The fourth-order valence-electron chi connectivity index (χ4n) is 3.88. The van der Waals surface area contributed by atoms with Gasteiger partial charge in [0.2, 0.25) is 0 Å². The molecule has 0 spiro atoms. The summed E-state index contributed by atoms with van der Waals surface area (Å²) in [7, 11) is 0. The molecule has 2 heterocycles. The van der Waals surface area contributed by atoms with Crippen LogP contribution in [-0.2, 0) is 15.7 Å². The van der Waals surface area contributed by atoms with Crippen LogP contribution in [0, 0.1) is 0 Å². The smallest absolute Gasteiger partial charge is 0.416 e. The van der Waals surface area contributed by atoms with Crippen LogP contribution in [0.2, 0.25) is 0 Å². The zero-order valence-corrected chi connectivity index (χ0v) is 18.0. The summed E-state index contributed by atoms with van der Waals surface area (Å²) in [4.78, 5) is 34.7. The minimum Gasteiger partial charge on any atom is -0.450 e. The Labute approximate surface area is 189 Å². The van der Waals surface area contributed by atoms with Gasteiger partial charge in [-0.05, 0) is 31.2 Å². The molecule has 0 radical (unpaired) electrons. The molecule has 0 bridgehead atoms. The van der Waals surface area contributed by atoms with Gasteiger partial charge in [0.1, 0.15) is 5.71 Å². The molecule has 0 saturated carbocycles. The summed E-state index contributed by atoms with van der Waals surface area (Å²) in [6.07, 6.45) is -4.85.